The van der Waals surface area contributed by atoms with Gasteiger partial charge in [0.15, 0.2) is 0 Å². The summed E-state index contributed by atoms with van der Waals surface area (Å²) < 4.78 is 0.312. The summed E-state index contributed by atoms with van der Waals surface area (Å²) in [6, 6.07) is 0. The Morgan fingerprint density at radius 1 is 0.750 bits per heavy atom. The van der Waals surface area contributed by atoms with Crippen LogP contribution in [0.5, 0.6) is 0 Å². The van der Waals surface area contributed by atoms with Crippen molar-refractivity contribution >= 4 is 21.6 Å². The summed E-state index contributed by atoms with van der Waals surface area (Å²) >= 11 is 0. The minimum Gasteiger partial charge on any atom is -0.0933 e. The van der Waals surface area contributed by atoms with Crippen LogP contribution in [-0.2, 0) is 0 Å². The van der Waals surface area contributed by atoms with Crippen LogP contribution in [-0.4, -0.2) is 10.5 Å². The predicted molar refractivity (Wildman–Crippen MR) is 101 cm³/mol. The van der Waals surface area contributed by atoms with Gasteiger partial charge < -0.3 is 0 Å². The number of hydrogen-bond acceptors (Lipinski definition) is 2. The van der Waals surface area contributed by atoms with Crippen molar-refractivity contribution in [2.45, 2.75) is 80.4 Å². The Morgan fingerprint density at radius 2 is 1.25 bits per heavy atom. The topological polar surface area (TPSA) is 0 Å². The molecule has 0 N–H and O–H groups in total. The fourth-order valence-electron chi connectivity index (χ4n) is 1.06. The second kappa shape index (κ2) is 7.13. The van der Waals surface area contributed by atoms with E-state index >= 15 is 0 Å². The monoisotopic (exact) mass is 316 g/mol. The molecule has 0 spiro atoms. The van der Waals surface area contributed by atoms with Crippen LogP contribution in [0.2, 0.25) is 0 Å². The summed E-state index contributed by atoms with van der Waals surface area (Å²) in [6.45, 7) is 23.3. The molecule has 0 aromatic carbocycles. The molecule has 0 saturated carbocycles. The fraction of sp³-hybridized carbons (Fsp3) is 0.889. The summed E-state index contributed by atoms with van der Waals surface area (Å²) in [5.41, 5.74) is 0.920. The molecule has 0 atom stereocenters. The average Bonchev–Trinajstić information content (AvgIpc) is 2.19. The number of allylic oxidation sites excluding steroid dienone is 2. The molecule has 0 rings (SSSR count). The second-order valence-corrected chi connectivity index (χ2v) is 11.9. The molecule has 120 valence electrons. The summed E-state index contributed by atoms with van der Waals surface area (Å²) in [6.07, 6.45) is 5.92. The lowest BCUT2D eigenvalue weighted by Crippen LogP contribution is -2.32. The Balaban J connectivity index is 4.12. The summed E-state index contributed by atoms with van der Waals surface area (Å²) in [5.74, 6) is 1.20. The van der Waals surface area contributed by atoms with E-state index in [1.165, 1.54) is 5.75 Å². The lowest BCUT2D eigenvalue weighted by Gasteiger charge is -2.37. The normalized spacial score (nSPS) is 15.1. The SMILES string of the molecule is CC(C)(C)C(C)(C)/C=C\CCSSC(C)(C)C(C)(C)C. The van der Waals surface area contributed by atoms with Crippen molar-refractivity contribution in [3.63, 3.8) is 0 Å². The highest BCUT2D eigenvalue weighted by molar-refractivity contribution is 8.77. The first-order chi connectivity index (χ1) is 8.71. The van der Waals surface area contributed by atoms with E-state index in [0.29, 0.717) is 15.6 Å². The molecule has 0 bridgehead atoms. The Labute approximate surface area is 136 Å². The van der Waals surface area contributed by atoms with Crippen molar-refractivity contribution in [2.24, 2.45) is 16.2 Å². The molecule has 0 aliphatic rings. The van der Waals surface area contributed by atoms with Crippen LogP contribution in [0.4, 0.5) is 0 Å². The van der Waals surface area contributed by atoms with Crippen LogP contribution in [0.1, 0.15) is 75.7 Å². The van der Waals surface area contributed by atoms with Gasteiger partial charge in [-0.2, -0.15) is 0 Å². The molecule has 0 fully saturated rings. The first-order valence-corrected chi connectivity index (χ1v) is 10.0. The van der Waals surface area contributed by atoms with Crippen molar-refractivity contribution < 1.29 is 0 Å². The van der Waals surface area contributed by atoms with E-state index in [2.05, 4.69) is 81.4 Å². The van der Waals surface area contributed by atoms with Crippen molar-refractivity contribution in [2.75, 3.05) is 5.75 Å². The van der Waals surface area contributed by atoms with Gasteiger partial charge in [0.25, 0.3) is 0 Å². The maximum atomic E-state index is 2.40. The van der Waals surface area contributed by atoms with Gasteiger partial charge in [0, 0.05) is 10.5 Å². The predicted octanol–water partition coefficient (Wildman–Crippen LogP) is 7.21. The van der Waals surface area contributed by atoms with Crippen LogP contribution in [0.3, 0.4) is 0 Å². The maximum Gasteiger partial charge on any atom is 0.0255 e. The summed E-state index contributed by atoms with van der Waals surface area (Å²) in [4.78, 5) is 0. The Morgan fingerprint density at radius 3 is 1.65 bits per heavy atom. The molecule has 0 amide bonds. The zero-order chi connectivity index (χ0) is 16.2. The van der Waals surface area contributed by atoms with Gasteiger partial charge in [-0.25, -0.2) is 0 Å². The standard InChI is InChI=1S/C18H36S2/c1-15(2,3)17(7,8)13-11-12-14-19-20-18(9,10)16(4,5)6/h11,13H,12,14H2,1-10H3/b13-11-. The van der Waals surface area contributed by atoms with Crippen LogP contribution in [0.25, 0.3) is 0 Å². The van der Waals surface area contributed by atoms with Crippen molar-refractivity contribution in [3.05, 3.63) is 12.2 Å². The number of rotatable bonds is 6. The van der Waals surface area contributed by atoms with Crippen molar-refractivity contribution in [1.82, 2.24) is 0 Å². The molecule has 0 aromatic heterocycles. The minimum absolute atomic E-state index is 0.259. The fourth-order valence-corrected chi connectivity index (χ4v) is 4.09. The van der Waals surface area contributed by atoms with E-state index in [-0.39, 0.29) is 5.41 Å². The number of hydrogen-bond donors (Lipinski definition) is 0. The largest absolute Gasteiger partial charge is 0.0933 e. The van der Waals surface area contributed by atoms with Crippen LogP contribution < -0.4 is 0 Å². The van der Waals surface area contributed by atoms with Crippen LogP contribution in [0, 0.1) is 16.2 Å². The van der Waals surface area contributed by atoms with Gasteiger partial charge >= 0.3 is 0 Å². The van der Waals surface area contributed by atoms with Gasteiger partial charge in [0.05, 0.1) is 0 Å². The quantitative estimate of drug-likeness (QED) is 0.288. The Hall–Kier alpha value is 0.440. The summed E-state index contributed by atoms with van der Waals surface area (Å²) in [5, 5.41) is 0. The van der Waals surface area contributed by atoms with Gasteiger partial charge in [-0.15, -0.1) is 0 Å². The van der Waals surface area contributed by atoms with Gasteiger partial charge in [-0.1, -0.05) is 89.1 Å². The maximum absolute atomic E-state index is 2.40. The zero-order valence-corrected chi connectivity index (χ0v) is 17.0. The molecule has 0 aliphatic heterocycles. The van der Waals surface area contributed by atoms with E-state index < -0.39 is 0 Å². The molecule has 0 aliphatic carbocycles. The van der Waals surface area contributed by atoms with Gasteiger partial charge in [0.1, 0.15) is 0 Å². The third kappa shape index (κ3) is 6.47. The van der Waals surface area contributed by atoms with Gasteiger partial charge in [0.2, 0.25) is 0 Å². The van der Waals surface area contributed by atoms with Gasteiger partial charge in [-0.3, -0.25) is 0 Å². The first kappa shape index (κ1) is 20.4. The summed E-state index contributed by atoms with van der Waals surface area (Å²) in [7, 11) is 4.04. The van der Waals surface area contributed by atoms with Crippen LogP contribution >= 0.6 is 21.6 Å². The Kier molecular flexibility index (Phi) is 7.29. The van der Waals surface area contributed by atoms with Crippen molar-refractivity contribution in [1.29, 1.82) is 0 Å². The molecule has 0 heterocycles. The second-order valence-electron chi connectivity index (χ2n) is 8.83. The molecule has 0 aromatic rings. The molecule has 0 saturated heterocycles. The highest BCUT2D eigenvalue weighted by atomic mass is 33.1. The van der Waals surface area contributed by atoms with Crippen molar-refractivity contribution in [3.8, 4) is 0 Å². The van der Waals surface area contributed by atoms with Crippen LogP contribution in [0.15, 0.2) is 12.2 Å². The lowest BCUT2D eigenvalue weighted by molar-refractivity contribution is 0.192. The van der Waals surface area contributed by atoms with E-state index in [0.717, 1.165) is 6.42 Å². The molecule has 2 heteroatoms. The minimum atomic E-state index is 0.259. The average molecular weight is 317 g/mol. The van der Waals surface area contributed by atoms with Gasteiger partial charge in [-0.05, 0) is 36.5 Å². The van der Waals surface area contributed by atoms with E-state index in [9.17, 15) is 0 Å². The van der Waals surface area contributed by atoms with E-state index in [1.807, 2.05) is 21.6 Å². The molecule has 0 radical (unpaired) electrons. The lowest BCUT2D eigenvalue weighted by atomic mass is 9.69. The first-order valence-electron chi connectivity index (χ1n) is 7.69. The molecule has 0 nitrogen and oxygen atoms in total. The molecule has 0 unspecified atom stereocenters. The smallest absolute Gasteiger partial charge is 0.0255 e. The van der Waals surface area contributed by atoms with E-state index in [1.54, 1.807) is 0 Å². The third-order valence-electron chi connectivity index (χ3n) is 4.91. The Bertz CT molecular complexity index is 311. The van der Waals surface area contributed by atoms with E-state index in [4.69, 9.17) is 0 Å². The highest BCUT2D eigenvalue weighted by Crippen LogP contribution is 2.47. The molecular formula is C18H36S2. The molecule has 20 heavy (non-hydrogen) atoms. The highest BCUT2D eigenvalue weighted by Gasteiger charge is 2.33. The third-order valence-corrected chi connectivity index (χ3v) is 8.56. The zero-order valence-electron chi connectivity index (χ0n) is 15.4. The molecular weight excluding hydrogens is 280 g/mol.